The van der Waals surface area contributed by atoms with E-state index in [-0.39, 0.29) is 0 Å². The smallest absolute Gasteiger partial charge is 0.235 e. The van der Waals surface area contributed by atoms with Crippen LogP contribution in [0.15, 0.2) is 291 Å². The summed E-state index contributed by atoms with van der Waals surface area (Å²) in [6, 6.07) is 104. The van der Waals surface area contributed by atoms with Crippen LogP contribution in [0.5, 0.6) is 0 Å². The van der Waals surface area contributed by atoms with E-state index in [1.165, 1.54) is 40.3 Å². The molecule has 0 fully saturated rings. The second-order valence-corrected chi connectivity index (χ2v) is 24.3. The first-order chi connectivity index (χ1) is 43.6. The molecule has 0 N–H and O–H groups in total. The Morgan fingerprint density at radius 1 is 0.193 bits per heavy atom. The summed E-state index contributed by atoms with van der Waals surface area (Å²) >= 11 is 3.65. The van der Waals surface area contributed by atoms with Crippen LogP contribution >= 0.6 is 22.7 Å². The van der Waals surface area contributed by atoms with E-state index in [4.69, 9.17) is 19.9 Å². The molecule has 4 aromatic heterocycles. The van der Waals surface area contributed by atoms with E-state index >= 15 is 0 Å². The Morgan fingerprint density at radius 2 is 0.477 bits per heavy atom. The lowest BCUT2D eigenvalue weighted by molar-refractivity contribution is 1.06. The second-order valence-electron chi connectivity index (χ2n) is 22.2. The van der Waals surface area contributed by atoms with Gasteiger partial charge in [-0.15, -0.1) is 22.7 Å². The molecule has 8 nitrogen and oxygen atoms in total. The van der Waals surface area contributed by atoms with Gasteiger partial charge in [0.05, 0.1) is 79.6 Å². The number of hydrogen-bond donors (Lipinski definition) is 0. The maximum atomic E-state index is 5.50. The monoisotopic (exact) mass is 1160 g/mol. The maximum absolute atomic E-state index is 5.50. The highest BCUT2D eigenvalue weighted by Crippen LogP contribution is 2.60. The quantitative estimate of drug-likeness (QED) is 0.149. The molecular formula is C78H48N8S2. The molecule has 18 rings (SSSR count). The minimum atomic E-state index is 0.588. The molecule has 0 unspecified atom stereocenters. The van der Waals surface area contributed by atoms with Crippen LogP contribution in [0, 0.1) is 0 Å². The van der Waals surface area contributed by atoms with Gasteiger partial charge in [-0.25, -0.2) is 19.9 Å². The molecule has 0 saturated heterocycles. The maximum Gasteiger partial charge on any atom is 0.235 e. The van der Waals surface area contributed by atoms with Gasteiger partial charge in [0, 0.05) is 73.4 Å². The molecule has 412 valence electrons. The van der Waals surface area contributed by atoms with E-state index in [1.54, 1.807) is 0 Å². The normalized spacial score (nSPS) is 12.7. The summed E-state index contributed by atoms with van der Waals surface area (Å²) in [7, 11) is 0. The largest absolute Gasteiger partial charge is 0.306 e. The first kappa shape index (κ1) is 50.1. The summed E-state index contributed by atoms with van der Waals surface area (Å²) in [6.45, 7) is 0. The summed E-state index contributed by atoms with van der Waals surface area (Å²) in [6.07, 6.45) is 0. The molecule has 10 heteroatoms. The average Bonchev–Trinajstić information content (AvgIpc) is 1.56. The molecule has 0 radical (unpaired) electrons. The van der Waals surface area contributed by atoms with E-state index in [9.17, 15) is 0 Å². The standard InChI is InChI=1S/C78H48N8S2/c1-5-23-49(24-6-1)59-45-60(50-25-7-2-8-26-50)80-77(79-59)85-67-37-17-15-35-65(67)83(71-47-75-57(43-69(71)85)55-31-13-19-41-73(55)87-75)63-39-21-34-54-53(63)33-22-40-64(54)84-66-36-16-18-38-68(66)86(70-44-58-56-32-14-20-42-74(56)88-76(58)48-72(70)84)78-81-61(51-27-9-3-10-28-51)46-62(82-78)52-29-11-4-12-30-52/h1-48H. The lowest BCUT2D eigenvalue weighted by Gasteiger charge is -2.41. The van der Waals surface area contributed by atoms with Crippen molar-refractivity contribution in [1.29, 1.82) is 0 Å². The van der Waals surface area contributed by atoms with Crippen LogP contribution in [0.2, 0.25) is 0 Å². The highest BCUT2D eigenvalue weighted by atomic mass is 32.1. The molecule has 0 amide bonds. The van der Waals surface area contributed by atoms with Crippen molar-refractivity contribution < 1.29 is 0 Å². The highest BCUT2D eigenvalue weighted by molar-refractivity contribution is 7.26. The van der Waals surface area contributed by atoms with Crippen molar-refractivity contribution in [2.45, 2.75) is 0 Å². The molecule has 16 aromatic rings. The number of benzene rings is 12. The minimum Gasteiger partial charge on any atom is -0.306 e. The van der Waals surface area contributed by atoms with Crippen LogP contribution in [0.25, 0.3) is 96.1 Å². The van der Waals surface area contributed by atoms with Crippen LogP contribution in [0.4, 0.5) is 68.8 Å². The second kappa shape index (κ2) is 20.2. The molecule has 0 bridgehead atoms. The fraction of sp³-hybridized carbons (Fsp3) is 0. The van der Waals surface area contributed by atoms with Crippen molar-refractivity contribution in [3.8, 4) is 45.0 Å². The van der Waals surface area contributed by atoms with Gasteiger partial charge in [0.15, 0.2) is 0 Å². The first-order valence-corrected chi connectivity index (χ1v) is 31.1. The average molecular weight is 1160 g/mol. The first-order valence-electron chi connectivity index (χ1n) is 29.4. The minimum absolute atomic E-state index is 0.588. The number of rotatable bonds is 8. The number of anilines is 12. The summed E-state index contributed by atoms with van der Waals surface area (Å²) in [5, 5.41) is 6.99. The number of para-hydroxylation sites is 4. The van der Waals surface area contributed by atoms with Crippen LogP contribution in [-0.4, -0.2) is 19.9 Å². The van der Waals surface area contributed by atoms with Gasteiger partial charge in [0.25, 0.3) is 0 Å². The molecule has 12 aromatic carbocycles. The Hall–Kier alpha value is -11.3. The van der Waals surface area contributed by atoms with E-state index in [0.717, 1.165) is 113 Å². The SMILES string of the molecule is c1ccc(-c2cc(-c3ccccc3)nc(N3c4ccccc4N(c4cccc5c(N6c7ccccc7N(c7nc(-c8ccccc8)cc(-c8ccccc8)n7)c7cc8c(cc76)sc6ccccc68)cccc45)c4cc5sc6ccccc6c5cc43)n2)cc1. The zero-order chi connectivity index (χ0) is 57.8. The summed E-state index contributed by atoms with van der Waals surface area (Å²) < 4.78 is 4.86. The van der Waals surface area contributed by atoms with E-state index in [2.05, 4.69) is 287 Å². The molecule has 88 heavy (non-hydrogen) atoms. The molecule has 2 aliphatic rings. The molecule has 0 spiro atoms. The Morgan fingerprint density at radius 3 is 0.841 bits per heavy atom. The molecule has 0 atom stereocenters. The van der Waals surface area contributed by atoms with Crippen molar-refractivity contribution in [3.05, 3.63) is 291 Å². The predicted octanol–water partition coefficient (Wildman–Crippen LogP) is 22.3. The van der Waals surface area contributed by atoms with Crippen LogP contribution < -0.4 is 19.6 Å². The zero-order valence-electron chi connectivity index (χ0n) is 47.1. The van der Waals surface area contributed by atoms with Gasteiger partial charge in [-0.1, -0.05) is 206 Å². The van der Waals surface area contributed by atoms with Crippen molar-refractivity contribution in [2.24, 2.45) is 0 Å². The van der Waals surface area contributed by atoms with Crippen molar-refractivity contribution in [2.75, 3.05) is 19.6 Å². The highest BCUT2D eigenvalue weighted by Gasteiger charge is 2.37. The molecule has 6 heterocycles. The van der Waals surface area contributed by atoms with Crippen LogP contribution in [0.1, 0.15) is 0 Å². The van der Waals surface area contributed by atoms with Gasteiger partial charge >= 0.3 is 0 Å². The lowest BCUT2D eigenvalue weighted by Crippen LogP contribution is -2.26. The Kier molecular flexibility index (Phi) is 11.5. The van der Waals surface area contributed by atoms with Gasteiger partial charge in [-0.3, -0.25) is 9.80 Å². The Bertz CT molecular complexity index is 4990. The van der Waals surface area contributed by atoms with Gasteiger partial charge in [0.1, 0.15) is 0 Å². The van der Waals surface area contributed by atoms with Crippen molar-refractivity contribution >= 4 is 143 Å². The summed E-state index contributed by atoms with van der Waals surface area (Å²) in [5.74, 6) is 1.18. The van der Waals surface area contributed by atoms with Crippen molar-refractivity contribution in [1.82, 2.24) is 19.9 Å². The van der Waals surface area contributed by atoms with E-state index in [1.807, 2.05) is 46.9 Å². The third-order valence-electron chi connectivity index (χ3n) is 17.1. The third-order valence-corrected chi connectivity index (χ3v) is 19.4. The third kappa shape index (κ3) is 8.04. The molecule has 0 aliphatic carbocycles. The molecule has 0 saturated carbocycles. The van der Waals surface area contributed by atoms with Gasteiger partial charge in [0.2, 0.25) is 11.9 Å². The fourth-order valence-electron chi connectivity index (χ4n) is 13.1. The zero-order valence-corrected chi connectivity index (χ0v) is 48.7. The molecule has 2 aliphatic heterocycles. The van der Waals surface area contributed by atoms with E-state index in [0.29, 0.717) is 11.9 Å². The van der Waals surface area contributed by atoms with Crippen molar-refractivity contribution in [3.63, 3.8) is 0 Å². The number of hydrogen-bond acceptors (Lipinski definition) is 10. The van der Waals surface area contributed by atoms with Gasteiger partial charge in [-0.05, 0) is 84.9 Å². The predicted molar refractivity (Wildman–Crippen MR) is 368 cm³/mol. The molecular weight excluding hydrogens is 1110 g/mol. The summed E-state index contributed by atoms with van der Waals surface area (Å²) in [5.41, 5.74) is 17.5. The fourth-order valence-corrected chi connectivity index (χ4v) is 15.4. The topological polar surface area (TPSA) is 64.5 Å². The summed E-state index contributed by atoms with van der Waals surface area (Å²) in [4.78, 5) is 31.5. The van der Waals surface area contributed by atoms with Gasteiger partial charge < -0.3 is 9.80 Å². The van der Waals surface area contributed by atoms with Gasteiger partial charge in [-0.2, -0.15) is 0 Å². The number of nitrogens with zero attached hydrogens (tertiary/aromatic N) is 8. The lowest BCUT2D eigenvalue weighted by atomic mass is 9.99. The van der Waals surface area contributed by atoms with Crippen LogP contribution in [-0.2, 0) is 0 Å². The number of aromatic nitrogens is 4. The van der Waals surface area contributed by atoms with Crippen LogP contribution in [0.3, 0.4) is 0 Å². The number of fused-ring (bicyclic) bond motifs is 11. The van der Waals surface area contributed by atoms with E-state index < -0.39 is 0 Å². The Balaban J connectivity index is 0.860. The number of thiophene rings is 2. The Labute approximate surface area is 515 Å².